The second-order valence-electron chi connectivity index (χ2n) is 7.31. The first kappa shape index (κ1) is 18.3. The van der Waals surface area contributed by atoms with Gasteiger partial charge in [-0.2, -0.15) is 0 Å². The summed E-state index contributed by atoms with van der Waals surface area (Å²) in [5, 5.41) is 11.4. The zero-order valence-corrected chi connectivity index (χ0v) is 15.9. The number of fused-ring (bicyclic) bond motifs is 1. The van der Waals surface area contributed by atoms with E-state index in [2.05, 4.69) is 32.2 Å². The normalized spacial score (nSPS) is 15.9. The van der Waals surface area contributed by atoms with E-state index in [4.69, 9.17) is 0 Å². The first-order valence-electron chi connectivity index (χ1n) is 9.61. The molecule has 0 saturated carbocycles. The van der Waals surface area contributed by atoms with Crippen LogP contribution in [0.1, 0.15) is 41.5 Å². The van der Waals surface area contributed by atoms with Gasteiger partial charge in [0.1, 0.15) is 17.5 Å². The van der Waals surface area contributed by atoms with Gasteiger partial charge in [0, 0.05) is 31.0 Å². The lowest BCUT2D eigenvalue weighted by Gasteiger charge is -2.24. The molecule has 1 N–H and O–H groups in total. The van der Waals surface area contributed by atoms with Gasteiger partial charge in [-0.05, 0) is 55.2 Å². The lowest BCUT2D eigenvalue weighted by Crippen LogP contribution is -2.20. The van der Waals surface area contributed by atoms with E-state index in [1.807, 2.05) is 19.1 Å². The number of carbonyl (C=O) groups is 1. The maximum absolute atomic E-state index is 13.0. The lowest BCUT2D eigenvalue weighted by molar-refractivity contribution is -0.116. The smallest absolute Gasteiger partial charge is 0.224 e. The molecule has 1 aliphatic rings. The minimum Gasteiger partial charge on any atom is -0.326 e. The van der Waals surface area contributed by atoms with E-state index in [-0.39, 0.29) is 11.7 Å². The number of halogens is 1. The molecule has 0 aliphatic carbocycles. The molecule has 5 nitrogen and oxygen atoms in total. The van der Waals surface area contributed by atoms with Crippen LogP contribution in [0.5, 0.6) is 0 Å². The highest BCUT2D eigenvalue weighted by molar-refractivity contribution is 5.90. The zero-order valence-electron chi connectivity index (χ0n) is 15.9. The molecule has 4 rings (SSSR count). The Balaban J connectivity index is 1.38. The number of benzene rings is 2. The van der Waals surface area contributed by atoms with Crippen LogP contribution in [-0.2, 0) is 24.2 Å². The Hall–Kier alpha value is -3.02. The first-order valence-corrected chi connectivity index (χ1v) is 9.61. The van der Waals surface area contributed by atoms with Crippen molar-refractivity contribution in [1.82, 2.24) is 14.8 Å². The predicted molar refractivity (Wildman–Crippen MR) is 106 cm³/mol. The number of nitrogens with one attached hydrogen (secondary N) is 1. The molecule has 0 unspecified atom stereocenters. The van der Waals surface area contributed by atoms with E-state index in [1.165, 1.54) is 17.7 Å². The van der Waals surface area contributed by atoms with Crippen molar-refractivity contribution in [3.05, 3.63) is 77.1 Å². The molecule has 3 aromatic rings. The highest BCUT2D eigenvalue weighted by Crippen LogP contribution is 2.30. The van der Waals surface area contributed by atoms with Gasteiger partial charge in [-0.25, -0.2) is 4.39 Å². The maximum atomic E-state index is 13.0. The average Bonchev–Trinajstić information content (AvgIpc) is 3.08. The van der Waals surface area contributed by atoms with E-state index in [0.717, 1.165) is 42.3 Å². The molecule has 1 aliphatic heterocycles. The van der Waals surface area contributed by atoms with Crippen molar-refractivity contribution in [3.63, 3.8) is 0 Å². The molecule has 0 spiro atoms. The molecule has 28 heavy (non-hydrogen) atoms. The largest absolute Gasteiger partial charge is 0.326 e. The Morgan fingerprint density at radius 1 is 1.21 bits per heavy atom. The van der Waals surface area contributed by atoms with Gasteiger partial charge in [0.25, 0.3) is 0 Å². The molecular weight excluding hydrogens is 355 g/mol. The maximum Gasteiger partial charge on any atom is 0.224 e. The molecule has 0 bridgehead atoms. The van der Waals surface area contributed by atoms with Crippen LogP contribution in [0.2, 0.25) is 0 Å². The van der Waals surface area contributed by atoms with E-state index in [9.17, 15) is 9.18 Å². The lowest BCUT2D eigenvalue weighted by atomic mass is 9.91. The summed E-state index contributed by atoms with van der Waals surface area (Å²) in [7, 11) is 0. The van der Waals surface area contributed by atoms with Crippen molar-refractivity contribution < 1.29 is 9.18 Å². The number of amides is 1. The Morgan fingerprint density at radius 2 is 2.04 bits per heavy atom. The third-order valence-electron chi connectivity index (χ3n) is 5.33. The SMILES string of the molecule is Cc1nnc2n1C[C@@H](c1cccc(NC(=O)CCc3ccc(F)cc3)c1)CC2. The van der Waals surface area contributed by atoms with E-state index >= 15 is 0 Å². The minimum atomic E-state index is -0.262. The van der Waals surface area contributed by atoms with Crippen molar-refractivity contribution in [3.8, 4) is 0 Å². The van der Waals surface area contributed by atoms with Crippen molar-refractivity contribution in [1.29, 1.82) is 0 Å². The number of anilines is 1. The van der Waals surface area contributed by atoms with Crippen LogP contribution in [0.15, 0.2) is 48.5 Å². The standard InChI is InChI=1S/C22H23FN4O/c1-15-25-26-21-11-8-18(14-27(15)21)17-3-2-4-20(13-17)24-22(28)12-7-16-5-9-19(23)10-6-16/h2-6,9-10,13,18H,7-8,11-12,14H2,1H3,(H,24,28)/t18-/m0/s1. The van der Waals surface area contributed by atoms with Crippen molar-refractivity contribution in [2.24, 2.45) is 0 Å². The molecule has 0 saturated heterocycles. The predicted octanol–water partition coefficient (Wildman–Crippen LogP) is 4.03. The third kappa shape index (κ3) is 4.11. The van der Waals surface area contributed by atoms with E-state index < -0.39 is 0 Å². The van der Waals surface area contributed by atoms with Gasteiger partial charge in [-0.15, -0.1) is 10.2 Å². The molecule has 2 aromatic carbocycles. The second-order valence-corrected chi connectivity index (χ2v) is 7.31. The highest BCUT2D eigenvalue weighted by atomic mass is 19.1. The summed E-state index contributed by atoms with van der Waals surface area (Å²) in [6.07, 6.45) is 2.90. The summed E-state index contributed by atoms with van der Waals surface area (Å²) >= 11 is 0. The summed E-state index contributed by atoms with van der Waals surface area (Å²) in [5.74, 6) is 2.09. The minimum absolute atomic E-state index is 0.0398. The Labute approximate surface area is 163 Å². The number of carbonyl (C=O) groups excluding carboxylic acids is 1. The van der Waals surface area contributed by atoms with Gasteiger partial charge in [-0.3, -0.25) is 4.79 Å². The number of hydrogen-bond acceptors (Lipinski definition) is 3. The number of rotatable bonds is 5. The van der Waals surface area contributed by atoms with Gasteiger partial charge in [0.05, 0.1) is 0 Å². The zero-order chi connectivity index (χ0) is 19.5. The van der Waals surface area contributed by atoms with Gasteiger partial charge in [-0.1, -0.05) is 24.3 Å². The van der Waals surface area contributed by atoms with Crippen LogP contribution in [-0.4, -0.2) is 20.7 Å². The van der Waals surface area contributed by atoms with Crippen LogP contribution in [0, 0.1) is 12.7 Å². The van der Waals surface area contributed by atoms with Crippen LogP contribution in [0.3, 0.4) is 0 Å². The highest BCUT2D eigenvalue weighted by Gasteiger charge is 2.23. The fourth-order valence-corrected chi connectivity index (χ4v) is 3.74. The van der Waals surface area contributed by atoms with E-state index in [1.54, 1.807) is 12.1 Å². The molecule has 1 atom stereocenters. The number of nitrogens with zero attached hydrogens (tertiary/aromatic N) is 3. The van der Waals surface area contributed by atoms with Crippen LogP contribution in [0.25, 0.3) is 0 Å². The summed E-state index contributed by atoms with van der Waals surface area (Å²) in [4.78, 5) is 12.3. The molecular formula is C22H23FN4O. The fourth-order valence-electron chi connectivity index (χ4n) is 3.74. The third-order valence-corrected chi connectivity index (χ3v) is 5.33. The summed E-state index contributed by atoms with van der Waals surface area (Å²) in [5.41, 5.74) is 2.98. The van der Waals surface area contributed by atoms with Crippen LogP contribution < -0.4 is 5.32 Å². The number of aryl methyl sites for hydroxylation is 3. The summed E-state index contributed by atoms with van der Waals surface area (Å²) < 4.78 is 15.1. The molecule has 0 fully saturated rings. The summed E-state index contributed by atoms with van der Waals surface area (Å²) in [6, 6.07) is 14.3. The average molecular weight is 378 g/mol. The molecule has 1 amide bonds. The topological polar surface area (TPSA) is 59.8 Å². The Bertz CT molecular complexity index is 980. The fraction of sp³-hybridized carbons (Fsp3) is 0.318. The van der Waals surface area contributed by atoms with Crippen molar-refractivity contribution in [2.75, 3.05) is 5.32 Å². The Kier molecular flexibility index (Phi) is 5.19. The van der Waals surface area contributed by atoms with Crippen LogP contribution in [0.4, 0.5) is 10.1 Å². The quantitative estimate of drug-likeness (QED) is 0.729. The first-order chi connectivity index (χ1) is 13.6. The van der Waals surface area contributed by atoms with Gasteiger partial charge in [0.15, 0.2) is 0 Å². The van der Waals surface area contributed by atoms with Crippen LogP contribution >= 0.6 is 0 Å². The van der Waals surface area contributed by atoms with E-state index in [0.29, 0.717) is 18.8 Å². The molecule has 2 heterocycles. The molecule has 1 aromatic heterocycles. The monoisotopic (exact) mass is 378 g/mol. The van der Waals surface area contributed by atoms with Gasteiger partial charge in [0.2, 0.25) is 5.91 Å². The van der Waals surface area contributed by atoms with Crippen molar-refractivity contribution in [2.45, 2.75) is 45.1 Å². The molecule has 144 valence electrons. The molecule has 6 heteroatoms. The second kappa shape index (κ2) is 7.92. The van der Waals surface area contributed by atoms with Gasteiger partial charge >= 0.3 is 0 Å². The van der Waals surface area contributed by atoms with Crippen molar-refractivity contribution >= 4 is 11.6 Å². The summed E-state index contributed by atoms with van der Waals surface area (Å²) in [6.45, 7) is 2.85. The van der Waals surface area contributed by atoms with Gasteiger partial charge < -0.3 is 9.88 Å². The Morgan fingerprint density at radius 3 is 2.86 bits per heavy atom. The molecule has 0 radical (unpaired) electrons. The number of hydrogen-bond donors (Lipinski definition) is 1. The number of aromatic nitrogens is 3.